The molecular weight excluding hydrogens is 101 g/mol. The third kappa shape index (κ3) is 1370. The summed E-state index contributed by atoms with van der Waals surface area (Å²) < 4.78 is 0. The van der Waals surface area contributed by atoms with Gasteiger partial charge in [0.15, 0.2) is 0 Å². The van der Waals surface area contributed by atoms with E-state index in [1.54, 1.807) is 0 Å². The molecule has 0 aromatic carbocycles. The summed E-state index contributed by atoms with van der Waals surface area (Å²) in [5.41, 5.74) is 4.17. The van der Waals surface area contributed by atoms with E-state index in [0.29, 0.717) is 0 Å². The van der Waals surface area contributed by atoms with Crippen molar-refractivity contribution in [2.75, 3.05) is 0 Å². The first-order valence-electron chi connectivity index (χ1n) is 0.569. The maximum Gasteiger partial charge on any atom is 2.00 e. The fraction of sp³-hybridized carbons (Fsp3) is 0. The molecule has 0 spiro atoms. The number of carbonyl (C=O) groups excluding carboxylic acids is 1. The zero-order valence-electron chi connectivity index (χ0n) is 1.88. The summed E-state index contributed by atoms with van der Waals surface area (Å²) in [6, 6.07) is 0. The Balaban J connectivity index is 0. The van der Waals surface area contributed by atoms with Gasteiger partial charge in [0.05, 0.1) is 0 Å². The maximum atomic E-state index is 8.58. The molecule has 0 aliphatic carbocycles. The number of rotatable bonds is 0. The van der Waals surface area contributed by atoms with Gasteiger partial charge in [-0.3, -0.25) is 4.79 Å². The zero-order valence-corrected chi connectivity index (χ0v) is 2.87. The van der Waals surface area contributed by atoms with Gasteiger partial charge >= 0.3 is 16.5 Å². The van der Waals surface area contributed by atoms with Crippen LogP contribution in [0, 0.1) is 0 Å². The maximum absolute atomic E-state index is 8.58. The fourth-order valence-electron chi connectivity index (χ4n) is 0. The van der Waals surface area contributed by atoms with Crippen molar-refractivity contribution in [3.05, 3.63) is 0 Å². The van der Waals surface area contributed by atoms with E-state index in [0.717, 1.165) is 0 Å². The topological polar surface area (TPSA) is 43.1 Å². The van der Waals surface area contributed by atoms with Crippen LogP contribution < -0.4 is 5.73 Å². The minimum absolute atomic E-state index is 0. The number of amides is 1. The van der Waals surface area contributed by atoms with Crippen LogP contribution in [0.5, 0.6) is 0 Å². The molecule has 0 aromatic heterocycles. The monoisotopic (exact) mass is 103 g/mol. The summed E-state index contributed by atoms with van der Waals surface area (Å²) in [7, 11) is 0. The van der Waals surface area contributed by atoms with Gasteiger partial charge in [-0.2, -0.15) is 0 Å². The quantitative estimate of drug-likeness (QED) is 0.314. The van der Waals surface area contributed by atoms with Crippen molar-refractivity contribution in [3.63, 3.8) is 0 Å². The Labute approximate surface area is 34.3 Å². The van der Waals surface area contributed by atoms with Gasteiger partial charge in [0.1, 0.15) is 0 Å². The van der Waals surface area contributed by atoms with Crippen LogP contribution in [0.25, 0.3) is 0 Å². The van der Waals surface area contributed by atoms with Gasteiger partial charge in [-0.25, -0.2) is 0 Å². The van der Waals surface area contributed by atoms with Gasteiger partial charge in [0.2, 0.25) is 6.41 Å². The molecule has 0 unspecified atom stereocenters. The molecule has 1 amide bonds. The van der Waals surface area contributed by atoms with Crippen LogP contribution in [0.1, 0.15) is 0 Å². The average molecular weight is 104 g/mol. The Morgan fingerprint density at radius 1 is 1.75 bits per heavy atom. The third-order valence-corrected chi connectivity index (χ3v) is 0. The second kappa shape index (κ2) is 12.3. The van der Waals surface area contributed by atoms with Crippen LogP contribution in [0.15, 0.2) is 0 Å². The van der Waals surface area contributed by atoms with Crippen molar-refractivity contribution in [2.24, 2.45) is 5.73 Å². The molecule has 4 heavy (non-hydrogen) atoms. The van der Waals surface area contributed by atoms with E-state index in [4.69, 9.17) is 4.79 Å². The van der Waals surface area contributed by atoms with Crippen LogP contribution >= 0.6 is 0 Å². The molecule has 0 saturated heterocycles. The van der Waals surface area contributed by atoms with E-state index in [-0.39, 0.29) is 22.9 Å². The molecule has 0 rings (SSSR count). The normalized spacial score (nSPS) is 3.00. The SMILES string of the molecule is NC=O.[Ni+2]. The van der Waals surface area contributed by atoms with Gasteiger partial charge in [0, 0.05) is 0 Å². The van der Waals surface area contributed by atoms with Crippen molar-refractivity contribution < 1.29 is 21.3 Å². The molecule has 26 valence electrons. The predicted molar refractivity (Wildman–Crippen MR) is 10.3 cm³/mol. The predicted octanol–water partition coefficient (Wildman–Crippen LogP) is -0.901. The van der Waals surface area contributed by atoms with Gasteiger partial charge in [0.25, 0.3) is 0 Å². The van der Waals surface area contributed by atoms with Gasteiger partial charge in [-0.1, -0.05) is 0 Å². The first kappa shape index (κ1) is 9.03. The fourth-order valence-corrected chi connectivity index (χ4v) is 0. The molecule has 0 heterocycles. The van der Waals surface area contributed by atoms with Gasteiger partial charge < -0.3 is 5.73 Å². The molecule has 0 fully saturated rings. The largest absolute Gasteiger partial charge is 2.00 e. The zero-order chi connectivity index (χ0) is 2.71. The Bertz CT molecular complexity index is 15.5. The number of hydrogen-bond donors (Lipinski definition) is 1. The van der Waals surface area contributed by atoms with Crippen LogP contribution in [-0.4, -0.2) is 6.41 Å². The molecular formula is CH3NNiO+2. The third-order valence-electron chi connectivity index (χ3n) is 0. The molecule has 0 radical (unpaired) electrons. The standard InChI is InChI=1S/CH3NO.Ni/c2-1-3;/h1H,(H2,2,3);/q;+2. The summed E-state index contributed by atoms with van der Waals surface area (Å²) in [6.07, 6.45) is 0.250. The Hall–Kier alpha value is -0.0365. The molecule has 0 saturated carbocycles. The summed E-state index contributed by atoms with van der Waals surface area (Å²) in [5, 5.41) is 0. The Morgan fingerprint density at radius 3 is 1.75 bits per heavy atom. The number of primary amides is 1. The van der Waals surface area contributed by atoms with Crippen LogP contribution in [0.4, 0.5) is 0 Å². The van der Waals surface area contributed by atoms with Crippen molar-refractivity contribution in [3.8, 4) is 0 Å². The molecule has 3 heteroatoms. The summed E-state index contributed by atoms with van der Waals surface area (Å²) in [5.74, 6) is 0. The van der Waals surface area contributed by atoms with Crippen LogP contribution in [0.2, 0.25) is 0 Å². The molecule has 2 N–H and O–H groups in total. The Morgan fingerprint density at radius 2 is 1.75 bits per heavy atom. The first-order valence-corrected chi connectivity index (χ1v) is 0.569. The minimum Gasteiger partial charge on any atom is -0.372 e. The molecule has 0 aromatic rings. The van der Waals surface area contributed by atoms with Gasteiger partial charge in [-0.15, -0.1) is 0 Å². The van der Waals surface area contributed by atoms with Crippen molar-refractivity contribution in [1.29, 1.82) is 0 Å². The second-order valence-corrected chi connectivity index (χ2v) is 0.136. The molecule has 0 aliphatic heterocycles. The molecule has 0 atom stereocenters. The summed E-state index contributed by atoms with van der Waals surface area (Å²) >= 11 is 0. The summed E-state index contributed by atoms with van der Waals surface area (Å²) in [6.45, 7) is 0. The van der Waals surface area contributed by atoms with E-state index in [1.807, 2.05) is 0 Å². The van der Waals surface area contributed by atoms with E-state index in [2.05, 4.69) is 5.73 Å². The molecule has 2 nitrogen and oxygen atoms in total. The summed E-state index contributed by atoms with van der Waals surface area (Å²) in [4.78, 5) is 8.58. The number of nitrogens with two attached hydrogens (primary N) is 1. The van der Waals surface area contributed by atoms with E-state index in [9.17, 15) is 0 Å². The minimum atomic E-state index is 0. The van der Waals surface area contributed by atoms with E-state index in [1.165, 1.54) is 0 Å². The van der Waals surface area contributed by atoms with Gasteiger partial charge in [-0.05, 0) is 0 Å². The van der Waals surface area contributed by atoms with E-state index < -0.39 is 0 Å². The number of carbonyl (C=O) groups is 1. The van der Waals surface area contributed by atoms with Crippen LogP contribution in [0.3, 0.4) is 0 Å². The second-order valence-electron chi connectivity index (χ2n) is 0.136. The Kier molecular flexibility index (Phi) is 27.8. The van der Waals surface area contributed by atoms with E-state index >= 15 is 0 Å². The number of hydrogen-bond acceptors (Lipinski definition) is 1. The first-order chi connectivity index (χ1) is 1.41. The van der Waals surface area contributed by atoms with Crippen molar-refractivity contribution in [2.45, 2.75) is 0 Å². The average Bonchev–Trinajstić information content (AvgIpc) is 0.918. The van der Waals surface area contributed by atoms with Crippen molar-refractivity contribution >= 4 is 6.41 Å². The van der Waals surface area contributed by atoms with Crippen LogP contribution in [-0.2, 0) is 21.3 Å². The van der Waals surface area contributed by atoms with Crippen molar-refractivity contribution in [1.82, 2.24) is 0 Å². The molecule has 0 aliphatic rings. The smallest absolute Gasteiger partial charge is 0.372 e. The molecule has 0 bridgehead atoms.